The Labute approximate surface area is 537 Å². The number of fused-ring (bicyclic) bond motifs is 3. The van der Waals surface area contributed by atoms with Gasteiger partial charge in [-0.15, -0.1) is 0 Å². The number of aromatic hydroxyl groups is 5. The van der Waals surface area contributed by atoms with Crippen LogP contribution >= 0.6 is 0 Å². The predicted octanol–water partition coefficient (Wildman–Crippen LogP) is 17.2. The minimum Gasteiger partial charge on any atom is -0.508 e. The molecule has 0 radical (unpaired) electrons. The lowest BCUT2D eigenvalue weighted by atomic mass is 9.89. The van der Waals surface area contributed by atoms with Gasteiger partial charge in [0.05, 0.1) is 16.2 Å². The third kappa shape index (κ3) is 21.5. The molecule has 0 fully saturated rings. The van der Waals surface area contributed by atoms with Gasteiger partial charge in [0.25, 0.3) is 0 Å². The van der Waals surface area contributed by atoms with Gasteiger partial charge in [-0.05, 0) is 199 Å². The average molecular weight is 1250 g/mol. The van der Waals surface area contributed by atoms with Crippen molar-refractivity contribution in [2.75, 3.05) is 0 Å². The van der Waals surface area contributed by atoms with E-state index in [1.54, 1.807) is 115 Å². The molecule has 0 aromatic heterocycles. The first kappa shape index (κ1) is 74.4. The molecule has 8 aromatic rings. The van der Waals surface area contributed by atoms with E-state index in [4.69, 9.17) is 19.3 Å². The van der Waals surface area contributed by atoms with Crippen LogP contribution in [0.25, 0.3) is 32.3 Å². The van der Waals surface area contributed by atoms with Crippen LogP contribution in [0.5, 0.6) is 46.0 Å². The molecule has 488 valence electrons. The molecule has 0 aliphatic rings. The van der Waals surface area contributed by atoms with Crippen LogP contribution in [0.15, 0.2) is 146 Å². The van der Waals surface area contributed by atoms with Crippen molar-refractivity contribution >= 4 is 62.0 Å². The predicted molar refractivity (Wildman–Crippen MR) is 363 cm³/mol. The van der Waals surface area contributed by atoms with Crippen molar-refractivity contribution in [2.24, 2.45) is 27.1 Å². The van der Waals surface area contributed by atoms with Gasteiger partial charge in [-0.1, -0.05) is 135 Å². The fourth-order valence-electron chi connectivity index (χ4n) is 8.02. The number of carbonyl (C=O) groups excluding carboxylic acids is 5. The van der Waals surface area contributed by atoms with Gasteiger partial charge in [0, 0.05) is 40.1 Å². The molecule has 7 N–H and O–H groups in total. The van der Waals surface area contributed by atoms with Gasteiger partial charge in [0.15, 0.2) is 0 Å². The first-order valence-corrected chi connectivity index (χ1v) is 31.0. The molecule has 0 aliphatic carbocycles. The Kier molecular flexibility index (Phi) is 26.6. The van der Waals surface area contributed by atoms with Crippen LogP contribution in [0, 0.1) is 40.9 Å². The lowest BCUT2D eigenvalue weighted by molar-refractivity contribution is -0.144. The summed E-state index contributed by atoms with van der Waals surface area (Å²) in [6.07, 6.45) is 3.79. The number of benzene rings is 8. The van der Waals surface area contributed by atoms with E-state index in [-0.39, 0.29) is 63.6 Å². The zero-order valence-corrected chi connectivity index (χ0v) is 56.3. The van der Waals surface area contributed by atoms with E-state index in [0.29, 0.717) is 47.9 Å². The molecule has 0 aliphatic heterocycles. The zero-order valence-electron chi connectivity index (χ0n) is 56.3. The van der Waals surface area contributed by atoms with E-state index in [1.807, 2.05) is 148 Å². The summed E-state index contributed by atoms with van der Waals surface area (Å²) in [5.41, 5.74) is 1.54. The van der Waals surface area contributed by atoms with E-state index < -0.39 is 16.2 Å². The molecule has 0 heterocycles. The fraction of sp³-hybridized carbons (Fsp3) is 0.382. The Bertz CT molecular complexity index is 3760. The topological polar surface area (TPSA) is 238 Å². The molecule has 0 bridgehead atoms. The standard InChI is InChI=1S/3C16H18O3.C15H23NO2.C13H19NO2/c1-4-16(2,3)15(18)19-14-10-6-7-11-12(14)8-5-9-13(11)17;1-4-16(2,3)15(18)19-14-8-6-11-9-13(17)7-5-12(11)10-14;1-4-16(2,3)15(18)19-12-8-9-13-11(10-12)6-5-7-14(13)17;1-6-15(4,5)14(18)16-9-12-7-10(2)13(17)11(3)8-12;1-4-13(2,3)12(16)14-9-10-5-7-11(15)8-6-10/h3*5-10,17H,4H2,1-3H3;7-8,17H,6,9H2,1-5H3,(H,16,18);5-8,15H,4,9H2,1-3H3,(H,14,16). The van der Waals surface area contributed by atoms with Crippen molar-refractivity contribution < 1.29 is 63.7 Å². The molecular formula is C76H96N2O13. The third-order valence-electron chi connectivity index (χ3n) is 16.8. The highest BCUT2D eigenvalue weighted by Crippen LogP contribution is 2.35. The first-order valence-electron chi connectivity index (χ1n) is 31.0. The molecule has 0 saturated heterocycles. The fourth-order valence-corrected chi connectivity index (χ4v) is 8.02. The van der Waals surface area contributed by atoms with Crippen molar-refractivity contribution in [3.05, 3.63) is 168 Å². The molecular weight excluding hydrogens is 1150 g/mol. The van der Waals surface area contributed by atoms with Crippen LogP contribution in [0.4, 0.5) is 0 Å². The maximum Gasteiger partial charge on any atom is 0.316 e. The Morgan fingerprint density at radius 3 is 1.27 bits per heavy atom. The summed E-state index contributed by atoms with van der Waals surface area (Å²) in [4.78, 5) is 59.8. The monoisotopic (exact) mass is 1240 g/mol. The maximum atomic E-state index is 12.1. The van der Waals surface area contributed by atoms with Gasteiger partial charge in [0.2, 0.25) is 11.8 Å². The number of aryl methyl sites for hydroxylation is 2. The third-order valence-corrected chi connectivity index (χ3v) is 16.8. The minimum atomic E-state index is -0.515. The van der Waals surface area contributed by atoms with Crippen molar-refractivity contribution in [3.8, 4) is 46.0 Å². The van der Waals surface area contributed by atoms with Gasteiger partial charge in [-0.3, -0.25) is 24.0 Å². The average Bonchev–Trinajstić information content (AvgIpc) is 2.26. The number of nitrogens with one attached hydrogen (secondary N) is 2. The van der Waals surface area contributed by atoms with Gasteiger partial charge in [0.1, 0.15) is 46.0 Å². The summed E-state index contributed by atoms with van der Waals surface area (Å²) < 4.78 is 16.3. The summed E-state index contributed by atoms with van der Waals surface area (Å²) in [5, 5.41) is 58.4. The second-order valence-electron chi connectivity index (χ2n) is 25.9. The molecule has 8 rings (SSSR count). The summed E-state index contributed by atoms with van der Waals surface area (Å²) in [6, 6.07) is 42.1. The van der Waals surface area contributed by atoms with Crippen LogP contribution in [-0.4, -0.2) is 55.3 Å². The Morgan fingerprint density at radius 2 is 0.769 bits per heavy atom. The molecule has 2 amide bonds. The number of phenols is 5. The van der Waals surface area contributed by atoms with Gasteiger partial charge < -0.3 is 50.4 Å². The molecule has 0 saturated carbocycles. The molecule has 15 heteroatoms. The van der Waals surface area contributed by atoms with Gasteiger partial charge >= 0.3 is 17.9 Å². The van der Waals surface area contributed by atoms with Gasteiger partial charge in [-0.25, -0.2) is 0 Å². The van der Waals surface area contributed by atoms with E-state index in [2.05, 4.69) is 10.6 Å². The van der Waals surface area contributed by atoms with Crippen molar-refractivity contribution in [2.45, 2.75) is 163 Å². The number of hydrogen-bond acceptors (Lipinski definition) is 13. The van der Waals surface area contributed by atoms with Gasteiger partial charge in [-0.2, -0.15) is 0 Å². The number of hydrogen-bond donors (Lipinski definition) is 7. The van der Waals surface area contributed by atoms with Crippen molar-refractivity contribution in [3.63, 3.8) is 0 Å². The molecule has 8 aromatic carbocycles. The Balaban J connectivity index is 0.000000243. The summed E-state index contributed by atoms with van der Waals surface area (Å²) in [7, 11) is 0. The highest BCUT2D eigenvalue weighted by Gasteiger charge is 2.31. The molecule has 0 spiro atoms. The quantitative estimate of drug-likeness (QED) is 0.0332. The van der Waals surface area contributed by atoms with Crippen LogP contribution in [0.3, 0.4) is 0 Å². The number of carbonyl (C=O) groups is 5. The summed E-state index contributed by atoms with van der Waals surface area (Å²) in [5.74, 6) is 2.13. The second-order valence-corrected chi connectivity index (χ2v) is 25.9. The molecule has 0 atom stereocenters. The Hall–Kier alpha value is -9.11. The lowest BCUT2D eigenvalue weighted by Crippen LogP contribution is -2.36. The summed E-state index contributed by atoms with van der Waals surface area (Å²) in [6.45, 7) is 33.5. The molecule has 0 unspecified atom stereocenters. The number of rotatable bonds is 17. The number of ether oxygens (including phenoxy) is 3. The maximum absolute atomic E-state index is 12.1. The second kappa shape index (κ2) is 32.6. The summed E-state index contributed by atoms with van der Waals surface area (Å²) >= 11 is 0. The van der Waals surface area contributed by atoms with E-state index >= 15 is 0 Å². The Morgan fingerprint density at radius 1 is 0.374 bits per heavy atom. The molecule has 15 nitrogen and oxygen atoms in total. The van der Waals surface area contributed by atoms with E-state index in [0.717, 1.165) is 74.9 Å². The number of esters is 3. The highest BCUT2D eigenvalue weighted by atomic mass is 16.5. The van der Waals surface area contributed by atoms with Crippen LogP contribution < -0.4 is 24.8 Å². The van der Waals surface area contributed by atoms with Crippen LogP contribution in [0.2, 0.25) is 0 Å². The van der Waals surface area contributed by atoms with Crippen LogP contribution in [0.1, 0.15) is 158 Å². The smallest absolute Gasteiger partial charge is 0.316 e. The first-order chi connectivity index (χ1) is 42.5. The SMILES string of the molecule is CCC(C)(C)C(=O)NCc1cc(C)c(O)c(C)c1.CCC(C)(C)C(=O)NCc1ccc(O)cc1.CCC(C)(C)C(=O)Oc1ccc2c(O)cccc2c1.CCC(C)(C)C(=O)Oc1ccc2cc(O)ccc2c1.CCC(C)(C)C(=O)Oc1cccc2c(O)cccc12. The normalized spacial score (nSPS) is 11.4. The highest BCUT2D eigenvalue weighted by molar-refractivity contribution is 5.95. The van der Waals surface area contributed by atoms with Crippen molar-refractivity contribution in [1.82, 2.24) is 10.6 Å². The lowest BCUT2D eigenvalue weighted by Gasteiger charge is -2.21. The molecule has 91 heavy (non-hydrogen) atoms. The van der Waals surface area contributed by atoms with E-state index in [1.165, 1.54) is 0 Å². The van der Waals surface area contributed by atoms with Crippen LogP contribution in [-0.2, 0) is 37.1 Å². The minimum absolute atomic E-state index is 0.0584. The van der Waals surface area contributed by atoms with Crippen molar-refractivity contribution in [1.29, 1.82) is 0 Å². The van der Waals surface area contributed by atoms with E-state index in [9.17, 15) is 44.4 Å². The number of amides is 2. The zero-order chi connectivity index (χ0) is 68.2. The largest absolute Gasteiger partial charge is 0.508 e. The number of phenolic OH excluding ortho intramolecular Hbond substituents is 5.